The van der Waals surface area contributed by atoms with Crippen LogP contribution in [0.2, 0.25) is 0 Å². The van der Waals surface area contributed by atoms with Crippen LogP contribution >= 0.6 is 11.6 Å². The quantitative estimate of drug-likeness (QED) is 0.526. The molecule has 1 amide bonds. The van der Waals surface area contributed by atoms with Gasteiger partial charge < -0.3 is 10.0 Å². The van der Waals surface area contributed by atoms with Crippen LogP contribution in [0.1, 0.15) is 26.2 Å². The number of amides is 1. The highest BCUT2D eigenvalue weighted by Crippen LogP contribution is 2.03. The van der Waals surface area contributed by atoms with Crippen LogP contribution in [0.3, 0.4) is 0 Å². The number of rotatable bonds is 6. The average molecular weight is 208 g/mol. The van der Waals surface area contributed by atoms with Crippen molar-refractivity contribution in [2.75, 3.05) is 19.5 Å². The molecule has 4 heteroatoms. The number of halogens is 1. The Balaban J connectivity index is 3.69. The van der Waals surface area contributed by atoms with Crippen molar-refractivity contribution >= 4 is 17.5 Å². The number of likely N-dealkylation sites (N-methyl/N-ethyl adjacent to an activating group) is 1. The SMILES string of the molecule is CC(CO)N(C)C(=O)CCCCCl. The molecule has 0 spiro atoms. The monoisotopic (exact) mass is 207 g/mol. The number of hydrogen-bond donors (Lipinski definition) is 1. The van der Waals surface area contributed by atoms with Crippen LogP contribution in [-0.4, -0.2) is 41.5 Å². The number of carbonyl (C=O) groups is 1. The minimum Gasteiger partial charge on any atom is -0.394 e. The van der Waals surface area contributed by atoms with E-state index in [1.165, 1.54) is 0 Å². The van der Waals surface area contributed by atoms with Crippen molar-refractivity contribution < 1.29 is 9.90 Å². The Kier molecular flexibility index (Phi) is 7.00. The molecule has 0 fully saturated rings. The second-order valence-electron chi connectivity index (χ2n) is 3.18. The number of unbranched alkanes of at least 4 members (excludes halogenated alkanes) is 1. The summed E-state index contributed by atoms with van der Waals surface area (Å²) in [6.07, 6.45) is 2.22. The van der Waals surface area contributed by atoms with Crippen molar-refractivity contribution in [3.05, 3.63) is 0 Å². The van der Waals surface area contributed by atoms with Gasteiger partial charge in [-0.2, -0.15) is 0 Å². The fraction of sp³-hybridized carbons (Fsp3) is 0.889. The van der Waals surface area contributed by atoms with Crippen molar-refractivity contribution in [1.82, 2.24) is 4.90 Å². The van der Waals surface area contributed by atoms with Gasteiger partial charge in [-0.15, -0.1) is 11.6 Å². The zero-order valence-corrected chi connectivity index (χ0v) is 9.05. The first kappa shape index (κ1) is 12.7. The maximum atomic E-state index is 11.4. The summed E-state index contributed by atoms with van der Waals surface area (Å²) in [5, 5.41) is 8.81. The summed E-state index contributed by atoms with van der Waals surface area (Å²) >= 11 is 5.49. The molecule has 0 aromatic carbocycles. The molecular weight excluding hydrogens is 190 g/mol. The Morgan fingerprint density at radius 3 is 2.62 bits per heavy atom. The van der Waals surface area contributed by atoms with E-state index in [1.807, 2.05) is 6.92 Å². The van der Waals surface area contributed by atoms with Gasteiger partial charge in [-0.25, -0.2) is 0 Å². The maximum Gasteiger partial charge on any atom is 0.222 e. The molecule has 0 heterocycles. The predicted octanol–water partition coefficient (Wildman–Crippen LogP) is 1.23. The molecule has 0 aliphatic rings. The number of nitrogens with zero attached hydrogens (tertiary/aromatic N) is 1. The second kappa shape index (κ2) is 7.15. The van der Waals surface area contributed by atoms with E-state index < -0.39 is 0 Å². The van der Waals surface area contributed by atoms with E-state index in [9.17, 15) is 4.79 Å². The molecule has 0 aliphatic carbocycles. The first-order chi connectivity index (χ1) is 6.13. The fourth-order valence-corrected chi connectivity index (χ4v) is 1.10. The lowest BCUT2D eigenvalue weighted by Crippen LogP contribution is -2.37. The molecule has 0 saturated carbocycles. The van der Waals surface area contributed by atoms with Crippen molar-refractivity contribution in [2.24, 2.45) is 0 Å². The van der Waals surface area contributed by atoms with Gasteiger partial charge in [-0.3, -0.25) is 4.79 Å². The Morgan fingerprint density at radius 1 is 1.54 bits per heavy atom. The van der Waals surface area contributed by atoms with Crippen molar-refractivity contribution in [2.45, 2.75) is 32.2 Å². The van der Waals surface area contributed by atoms with Crippen LogP contribution in [0, 0.1) is 0 Å². The minimum absolute atomic E-state index is 0.0117. The second-order valence-corrected chi connectivity index (χ2v) is 3.56. The lowest BCUT2D eigenvalue weighted by Gasteiger charge is -2.23. The van der Waals surface area contributed by atoms with E-state index in [0.29, 0.717) is 12.3 Å². The summed E-state index contributed by atoms with van der Waals surface area (Å²) in [6, 6.07) is -0.0940. The minimum atomic E-state index is -0.0940. The normalized spacial score (nSPS) is 12.6. The highest BCUT2D eigenvalue weighted by atomic mass is 35.5. The molecule has 3 nitrogen and oxygen atoms in total. The third-order valence-corrected chi connectivity index (χ3v) is 2.36. The van der Waals surface area contributed by atoms with E-state index in [1.54, 1.807) is 11.9 Å². The standard InChI is InChI=1S/C9H18ClNO2/c1-8(7-12)11(2)9(13)5-3-4-6-10/h8,12H,3-7H2,1-2H3. The van der Waals surface area contributed by atoms with E-state index in [2.05, 4.69) is 0 Å². The first-order valence-corrected chi connectivity index (χ1v) is 5.09. The van der Waals surface area contributed by atoms with Crippen LogP contribution < -0.4 is 0 Å². The molecule has 0 aromatic rings. The van der Waals surface area contributed by atoms with E-state index in [4.69, 9.17) is 16.7 Å². The van der Waals surface area contributed by atoms with Gasteiger partial charge in [0.15, 0.2) is 0 Å². The molecule has 1 N–H and O–H groups in total. The van der Waals surface area contributed by atoms with Gasteiger partial charge in [0, 0.05) is 19.3 Å². The molecular formula is C9H18ClNO2. The van der Waals surface area contributed by atoms with E-state index in [0.717, 1.165) is 12.8 Å². The van der Waals surface area contributed by atoms with Gasteiger partial charge >= 0.3 is 0 Å². The van der Waals surface area contributed by atoms with Gasteiger partial charge in [0.1, 0.15) is 0 Å². The average Bonchev–Trinajstić information content (AvgIpc) is 2.15. The molecule has 1 unspecified atom stereocenters. The van der Waals surface area contributed by atoms with E-state index >= 15 is 0 Å². The predicted molar refractivity (Wildman–Crippen MR) is 53.9 cm³/mol. The molecule has 0 rings (SSSR count). The molecule has 0 aromatic heterocycles. The number of alkyl halides is 1. The maximum absolute atomic E-state index is 11.4. The Morgan fingerprint density at radius 2 is 2.15 bits per heavy atom. The molecule has 1 atom stereocenters. The van der Waals surface area contributed by atoms with Gasteiger partial charge in [0.05, 0.1) is 12.6 Å². The summed E-state index contributed by atoms with van der Waals surface area (Å²) < 4.78 is 0. The topological polar surface area (TPSA) is 40.5 Å². The third-order valence-electron chi connectivity index (χ3n) is 2.09. The molecule has 13 heavy (non-hydrogen) atoms. The highest BCUT2D eigenvalue weighted by Gasteiger charge is 2.13. The summed E-state index contributed by atoms with van der Waals surface area (Å²) in [5.74, 6) is 0.679. The lowest BCUT2D eigenvalue weighted by molar-refractivity contribution is -0.132. The number of aliphatic hydroxyl groups is 1. The van der Waals surface area contributed by atoms with Gasteiger partial charge in [0.25, 0.3) is 0 Å². The molecule has 78 valence electrons. The Bertz CT molecular complexity index is 153. The summed E-state index contributed by atoms with van der Waals surface area (Å²) in [7, 11) is 1.71. The Labute approximate surface area is 84.7 Å². The zero-order valence-electron chi connectivity index (χ0n) is 8.29. The molecule has 0 saturated heterocycles. The highest BCUT2D eigenvalue weighted by molar-refractivity contribution is 6.17. The van der Waals surface area contributed by atoms with Crippen LogP contribution in [0.15, 0.2) is 0 Å². The van der Waals surface area contributed by atoms with Crippen molar-refractivity contribution in [3.8, 4) is 0 Å². The summed E-state index contributed by atoms with van der Waals surface area (Å²) in [4.78, 5) is 13.0. The molecule has 0 aliphatic heterocycles. The zero-order chi connectivity index (χ0) is 10.3. The fourth-order valence-electron chi connectivity index (χ4n) is 0.915. The summed E-state index contributed by atoms with van der Waals surface area (Å²) in [5.41, 5.74) is 0. The summed E-state index contributed by atoms with van der Waals surface area (Å²) in [6.45, 7) is 1.83. The van der Waals surface area contributed by atoms with Crippen molar-refractivity contribution in [1.29, 1.82) is 0 Å². The Hall–Kier alpha value is -0.280. The molecule has 0 bridgehead atoms. The number of aliphatic hydroxyl groups excluding tert-OH is 1. The number of carbonyl (C=O) groups excluding carboxylic acids is 1. The van der Waals surface area contributed by atoms with Crippen molar-refractivity contribution in [3.63, 3.8) is 0 Å². The van der Waals surface area contributed by atoms with Gasteiger partial charge in [0.2, 0.25) is 5.91 Å². The van der Waals surface area contributed by atoms with Crippen LogP contribution in [-0.2, 0) is 4.79 Å². The van der Waals surface area contributed by atoms with Crippen LogP contribution in [0.4, 0.5) is 0 Å². The number of hydrogen-bond acceptors (Lipinski definition) is 2. The van der Waals surface area contributed by atoms with Gasteiger partial charge in [-0.05, 0) is 19.8 Å². The van der Waals surface area contributed by atoms with Crippen LogP contribution in [0.5, 0.6) is 0 Å². The first-order valence-electron chi connectivity index (χ1n) is 4.56. The molecule has 0 radical (unpaired) electrons. The van der Waals surface area contributed by atoms with E-state index in [-0.39, 0.29) is 18.6 Å². The smallest absolute Gasteiger partial charge is 0.222 e. The third kappa shape index (κ3) is 5.11. The van der Waals surface area contributed by atoms with Crippen LogP contribution in [0.25, 0.3) is 0 Å². The largest absolute Gasteiger partial charge is 0.394 e. The lowest BCUT2D eigenvalue weighted by atomic mass is 10.2. The van der Waals surface area contributed by atoms with Gasteiger partial charge in [-0.1, -0.05) is 0 Å².